The van der Waals surface area contributed by atoms with Gasteiger partial charge in [-0.15, -0.1) is 0 Å². The molecule has 0 aliphatic carbocycles. The normalized spacial score (nSPS) is 15.0. The number of unbranched alkanes of at least 4 members (excludes halogenated alkanes) is 6. The highest BCUT2D eigenvalue weighted by Crippen LogP contribution is 2.15. The Kier molecular flexibility index (Phi) is 15.4. The lowest BCUT2D eigenvalue weighted by molar-refractivity contribution is -0.140. The van der Waals surface area contributed by atoms with E-state index in [1.54, 1.807) is 0 Å². The summed E-state index contributed by atoms with van der Waals surface area (Å²) in [5.41, 5.74) is 0. The molecule has 144 valence electrons. The lowest BCUT2D eigenvalue weighted by Crippen LogP contribution is -2.27. The molecule has 0 aromatic heterocycles. The second-order valence-corrected chi connectivity index (χ2v) is 6.74. The molecule has 0 unspecified atom stereocenters. The van der Waals surface area contributed by atoms with Crippen LogP contribution in [0.15, 0.2) is 0 Å². The van der Waals surface area contributed by atoms with Gasteiger partial charge in [0.25, 0.3) is 0 Å². The van der Waals surface area contributed by atoms with Gasteiger partial charge in [-0.1, -0.05) is 51.9 Å². The van der Waals surface area contributed by atoms with E-state index in [-0.39, 0.29) is 12.1 Å². The minimum Gasteiger partial charge on any atom is -0.469 e. The number of carbonyl (C=O) groups is 1. The van der Waals surface area contributed by atoms with Gasteiger partial charge in [-0.05, 0) is 32.1 Å². The van der Waals surface area contributed by atoms with Crippen LogP contribution >= 0.6 is 0 Å². The zero-order valence-electron chi connectivity index (χ0n) is 15.6. The predicted molar refractivity (Wildman–Crippen MR) is 95.7 cm³/mol. The fraction of sp³-hybridized carbons (Fsp3) is 0.947. The molecule has 0 saturated heterocycles. The van der Waals surface area contributed by atoms with Gasteiger partial charge >= 0.3 is 5.97 Å². The van der Waals surface area contributed by atoms with Gasteiger partial charge < -0.3 is 20.1 Å². The lowest BCUT2D eigenvalue weighted by Gasteiger charge is -2.19. The van der Waals surface area contributed by atoms with Crippen molar-refractivity contribution in [2.75, 3.05) is 7.11 Å². The van der Waals surface area contributed by atoms with Crippen molar-refractivity contribution >= 4 is 5.97 Å². The number of carbonyl (C=O) groups excluding carboxylic acids is 1. The van der Waals surface area contributed by atoms with Crippen LogP contribution in [0.25, 0.3) is 0 Å². The highest BCUT2D eigenvalue weighted by molar-refractivity contribution is 5.68. The second kappa shape index (κ2) is 15.9. The van der Waals surface area contributed by atoms with Gasteiger partial charge in [-0.25, -0.2) is 0 Å². The summed E-state index contributed by atoms with van der Waals surface area (Å²) in [5, 5.41) is 29.7. The highest BCUT2D eigenvalue weighted by atomic mass is 16.5. The van der Waals surface area contributed by atoms with Crippen molar-refractivity contribution in [2.24, 2.45) is 0 Å². The van der Waals surface area contributed by atoms with Crippen molar-refractivity contribution in [1.82, 2.24) is 0 Å². The van der Waals surface area contributed by atoms with E-state index in [1.165, 1.54) is 7.11 Å². The van der Waals surface area contributed by atoms with E-state index in [1.807, 2.05) is 0 Å². The summed E-state index contributed by atoms with van der Waals surface area (Å²) in [5.74, 6) is -0.162. The monoisotopic (exact) mass is 346 g/mol. The van der Waals surface area contributed by atoms with Crippen LogP contribution in [0.4, 0.5) is 0 Å². The number of esters is 1. The Bertz CT molecular complexity index is 295. The van der Waals surface area contributed by atoms with Gasteiger partial charge in [-0.3, -0.25) is 4.79 Å². The third kappa shape index (κ3) is 13.8. The number of hydrogen-bond acceptors (Lipinski definition) is 5. The summed E-state index contributed by atoms with van der Waals surface area (Å²) in [6.45, 7) is 2.13. The molecule has 0 saturated carbocycles. The topological polar surface area (TPSA) is 87.0 Å². The molecule has 0 aromatic rings. The summed E-state index contributed by atoms with van der Waals surface area (Å²) in [6.07, 6.45) is 9.02. The standard InChI is InChI=1S/C19H38O5/c1-3-4-8-11-16(20)14-15-18(22)17(21)12-9-6-5-7-10-13-19(23)24-2/h16-18,20-22H,3-15H2,1-2H3/t16-,17+,18-/m0/s1. The summed E-state index contributed by atoms with van der Waals surface area (Å²) in [6, 6.07) is 0. The fourth-order valence-corrected chi connectivity index (χ4v) is 2.78. The molecule has 24 heavy (non-hydrogen) atoms. The Hall–Kier alpha value is -0.650. The maximum atomic E-state index is 10.9. The molecule has 3 N–H and O–H groups in total. The van der Waals surface area contributed by atoms with E-state index in [9.17, 15) is 20.1 Å². The average molecular weight is 347 g/mol. The van der Waals surface area contributed by atoms with Crippen LogP contribution < -0.4 is 0 Å². The van der Waals surface area contributed by atoms with Crippen molar-refractivity contribution in [1.29, 1.82) is 0 Å². The van der Waals surface area contributed by atoms with Crippen molar-refractivity contribution in [3.8, 4) is 0 Å². The molecule has 5 nitrogen and oxygen atoms in total. The van der Waals surface area contributed by atoms with E-state index < -0.39 is 12.2 Å². The van der Waals surface area contributed by atoms with Crippen molar-refractivity contribution in [3.63, 3.8) is 0 Å². The largest absolute Gasteiger partial charge is 0.469 e. The molecule has 0 heterocycles. The van der Waals surface area contributed by atoms with E-state index in [4.69, 9.17) is 0 Å². The van der Waals surface area contributed by atoms with Gasteiger partial charge in [0.2, 0.25) is 0 Å². The quantitative estimate of drug-likeness (QED) is 0.295. The number of methoxy groups -OCH3 is 1. The first-order chi connectivity index (χ1) is 11.5. The number of rotatable bonds is 16. The van der Waals surface area contributed by atoms with Crippen molar-refractivity contribution < 1.29 is 24.9 Å². The molecule has 0 spiro atoms. The minimum atomic E-state index is -0.745. The fourth-order valence-electron chi connectivity index (χ4n) is 2.78. The lowest BCUT2D eigenvalue weighted by atomic mass is 9.98. The SMILES string of the molecule is CCCCC[C@H](O)CC[C@H](O)[C@H](O)CCCCCCCC(=O)OC. The molecule has 0 radical (unpaired) electrons. The number of aliphatic hydroxyl groups is 3. The summed E-state index contributed by atoms with van der Waals surface area (Å²) < 4.78 is 4.59. The third-order valence-corrected chi connectivity index (χ3v) is 4.49. The Morgan fingerprint density at radius 1 is 0.792 bits per heavy atom. The molecule has 0 aliphatic rings. The molecular formula is C19H38O5. The van der Waals surface area contributed by atoms with Crippen LogP contribution in [0.2, 0.25) is 0 Å². The molecule has 0 amide bonds. The molecule has 0 aromatic carbocycles. The molecule has 0 fully saturated rings. The summed E-state index contributed by atoms with van der Waals surface area (Å²) in [7, 11) is 1.40. The Morgan fingerprint density at radius 3 is 2.04 bits per heavy atom. The number of aliphatic hydroxyl groups excluding tert-OH is 3. The van der Waals surface area contributed by atoms with Crippen molar-refractivity contribution in [2.45, 2.75) is 109 Å². The van der Waals surface area contributed by atoms with Crippen LogP contribution in [-0.2, 0) is 9.53 Å². The van der Waals surface area contributed by atoms with E-state index >= 15 is 0 Å². The van der Waals surface area contributed by atoms with Gasteiger partial charge in [0.05, 0.1) is 25.4 Å². The Labute approximate surface area is 147 Å². The van der Waals surface area contributed by atoms with Crippen LogP contribution in [-0.4, -0.2) is 46.7 Å². The first-order valence-corrected chi connectivity index (χ1v) is 9.62. The molecule has 0 bridgehead atoms. The van der Waals surface area contributed by atoms with Crippen LogP contribution in [0.3, 0.4) is 0 Å². The van der Waals surface area contributed by atoms with Gasteiger partial charge in [0, 0.05) is 6.42 Å². The molecule has 3 atom stereocenters. The van der Waals surface area contributed by atoms with Gasteiger partial charge in [0.15, 0.2) is 0 Å². The predicted octanol–water partition coefficient (Wildman–Crippen LogP) is 3.33. The molecule has 5 heteroatoms. The van der Waals surface area contributed by atoms with E-state index in [2.05, 4.69) is 11.7 Å². The zero-order valence-corrected chi connectivity index (χ0v) is 15.6. The molecule has 0 aliphatic heterocycles. The van der Waals surface area contributed by atoms with Crippen LogP contribution in [0.5, 0.6) is 0 Å². The highest BCUT2D eigenvalue weighted by Gasteiger charge is 2.17. The summed E-state index contributed by atoms with van der Waals surface area (Å²) in [4.78, 5) is 10.9. The maximum Gasteiger partial charge on any atom is 0.305 e. The van der Waals surface area contributed by atoms with Crippen LogP contribution in [0, 0.1) is 0 Å². The third-order valence-electron chi connectivity index (χ3n) is 4.49. The van der Waals surface area contributed by atoms with Crippen LogP contribution in [0.1, 0.15) is 90.4 Å². The number of hydrogen-bond donors (Lipinski definition) is 3. The smallest absolute Gasteiger partial charge is 0.305 e. The Balaban J connectivity index is 3.54. The molecule has 0 rings (SSSR count). The van der Waals surface area contributed by atoms with E-state index in [0.717, 1.165) is 57.8 Å². The first kappa shape index (κ1) is 23.4. The van der Waals surface area contributed by atoms with Gasteiger partial charge in [-0.2, -0.15) is 0 Å². The first-order valence-electron chi connectivity index (χ1n) is 9.62. The maximum absolute atomic E-state index is 10.9. The second-order valence-electron chi connectivity index (χ2n) is 6.74. The van der Waals surface area contributed by atoms with Gasteiger partial charge in [0.1, 0.15) is 0 Å². The van der Waals surface area contributed by atoms with E-state index in [0.29, 0.717) is 25.7 Å². The molecular weight excluding hydrogens is 308 g/mol. The number of ether oxygens (including phenoxy) is 1. The average Bonchev–Trinajstić information content (AvgIpc) is 2.58. The zero-order chi connectivity index (χ0) is 18.2. The summed E-state index contributed by atoms with van der Waals surface area (Å²) >= 11 is 0. The van der Waals surface area contributed by atoms with Crippen molar-refractivity contribution in [3.05, 3.63) is 0 Å². The minimum absolute atomic E-state index is 0.162. The Morgan fingerprint density at radius 2 is 1.38 bits per heavy atom.